The van der Waals surface area contributed by atoms with Gasteiger partial charge in [0.05, 0.1) is 16.6 Å². The number of aryl methyl sites for hydroxylation is 1. The molecular formula is C8H5F3N2O. The van der Waals surface area contributed by atoms with Crippen molar-refractivity contribution in [3.8, 4) is 0 Å². The zero-order valence-corrected chi connectivity index (χ0v) is 7.09. The summed E-state index contributed by atoms with van der Waals surface area (Å²) in [7, 11) is 0. The molecule has 0 N–H and O–H groups in total. The van der Waals surface area contributed by atoms with Crippen LogP contribution in [0.4, 0.5) is 13.2 Å². The summed E-state index contributed by atoms with van der Waals surface area (Å²) >= 11 is 0. The predicted octanol–water partition coefficient (Wildman–Crippen LogP) is 2.55. The van der Waals surface area contributed by atoms with E-state index in [1.54, 1.807) is 6.92 Å². The van der Waals surface area contributed by atoms with E-state index >= 15 is 0 Å². The van der Waals surface area contributed by atoms with Crippen LogP contribution in [0.1, 0.15) is 11.3 Å². The van der Waals surface area contributed by atoms with E-state index in [0.29, 0.717) is 11.1 Å². The Bertz CT molecular complexity index is 475. The first kappa shape index (κ1) is 8.98. The van der Waals surface area contributed by atoms with Crippen molar-refractivity contribution in [3.05, 3.63) is 23.5 Å². The van der Waals surface area contributed by atoms with Crippen LogP contribution in [0.25, 0.3) is 11.1 Å². The molecular weight excluding hydrogens is 197 g/mol. The van der Waals surface area contributed by atoms with Gasteiger partial charge in [-0.2, -0.15) is 13.2 Å². The van der Waals surface area contributed by atoms with Crippen LogP contribution in [0.15, 0.2) is 16.8 Å². The van der Waals surface area contributed by atoms with Gasteiger partial charge in [0.2, 0.25) is 0 Å². The lowest BCUT2D eigenvalue weighted by molar-refractivity contribution is -0.137. The highest BCUT2D eigenvalue weighted by molar-refractivity contribution is 5.76. The Labute approximate surface area is 76.5 Å². The molecule has 74 valence electrons. The molecule has 2 rings (SSSR count). The highest BCUT2D eigenvalue weighted by atomic mass is 19.4. The molecule has 0 unspecified atom stereocenters. The molecule has 0 aliphatic heterocycles. The fourth-order valence-electron chi connectivity index (χ4n) is 1.10. The Kier molecular flexibility index (Phi) is 1.73. The molecule has 0 bridgehead atoms. The Morgan fingerprint density at radius 1 is 1.36 bits per heavy atom. The number of halogens is 3. The Hall–Kier alpha value is -1.59. The van der Waals surface area contributed by atoms with E-state index in [1.807, 2.05) is 0 Å². The third-order valence-electron chi connectivity index (χ3n) is 1.84. The lowest BCUT2D eigenvalue weighted by Crippen LogP contribution is -2.04. The number of hydrogen-bond acceptors (Lipinski definition) is 3. The number of hydrogen-bond donors (Lipinski definition) is 0. The van der Waals surface area contributed by atoms with Crippen LogP contribution in [0.3, 0.4) is 0 Å². The SMILES string of the molecule is Cc1noc2ncc(C(F)(F)F)cc12. The van der Waals surface area contributed by atoms with Crippen LogP contribution < -0.4 is 0 Å². The van der Waals surface area contributed by atoms with Crippen molar-refractivity contribution in [2.24, 2.45) is 0 Å². The van der Waals surface area contributed by atoms with Crippen LogP contribution >= 0.6 is 0 Å². The summed E-state index contributed by atoms with van der Waals surface area (Å²) in [6, 6.07) is 0.980. The molecule has 0 saturated heterocycles. The van der Waals surface area contributed by atoms with Gasteiger partial charge < -0.3 is 4.52 Å². The molecule has 0 saturated carbocycles. The second-order valence-corrected chi connectivity index (χ2v) is 2.84. The van der Waals surface area contributed by atoms with Crippen LogP contribution in [0.5, 0.6) is 0 Å². The molecule has 2 heterocycles. The normalized spacial score (nSPS) is 12.3. The average molecular weight is 202 g/mol. The zero-order chi connectivity index (χ0) is 10.3. The Morgan fingerprint density at radius 2 is 2.07 bits per heavy atom. The lowest BCUT2D eigenvalue weighted by atomic mass is 10.2. The highest BCUT2D eigenvalue weighted by Gasteiger charge is 2.31. The van der Waals surface area contributed by atoms with Gasteiger partial charge in [-0.05, 0) is 13.0 Å². The van der Waals surface area contributed by atoms with Crippen molar-refractivity contribution in [2.45, 2.75) is 13.1 Å². The highest BCUT2D eigenvalue weighted by Crippen LogP contribution is 2.30. The van der Waals surface area contributed by atoms with E-state index in [1.165, 1.54) is 0 Å². The van der Waals surface area contributed by atoms with E-state index in [4.69, 9.17) is 0 Å². The van der Waals surface area contributed by atoms with Crippen molar-refractivity contribution in [1.29, 1.82) is 0 Å². The fraction of sp³-hybridized carbons (Fsp3) is 0.250. The van der Waals surface area contributed by atoms with E-state index in [9.17, 15) is 13.2 Å². The van der Waals surface area contributed by atoms with Gasteiger partial charge >= 0.3 is 6.18 Å². The maximum atomic E-state index is 12.3. The smallest absolute Gasteiger partial charge is 0.336 e. The molecule has 2 aromatic heterocycles. The quantitative estimate of drug-likeness (QED) is 0.658. The average Bonchev–Trinajstić information content (AvgIpc) is 2.46. The molecule has 0 atom stereocenters. The number of rotatable bonds is 0. The first-order valence-corrected chi connectivity index (χ1v) is 3.78. The van der Waals surface area contributed by atoms with E-state index in [2.05, 4.69) is 14.7 Å². The number of pyridine rings is 1. The number of nitrogens with zero attached hydrogens (tertiary/aromatic N) is 2. The van der Waals surface area contributed by atoms with Crippen LogP contribution in [-0.4, -0.2) is 10.1 Å². The number of fused-ring (bicyclic) bond motifs is 1. The van der Waals surface area contributed by atoms with Crippen molar-refractivity contribution in [3.63, 3.8) is 0 Å². The molecule has 0 aliphatic carbocycles. The van der Waals surface area contributed by atoms with Crippen LogP contribution in [-0.2, 0) is 6.18 Å². The van der Waals surface area contributed by atoms with Crippen molar-refractivity contribution in [1.82, 2.24) is 10.1 Å². The first-order valence-electron chi connectivity index (χ1n) is 3.78. The molecule has 2 aromatic rings. The maximum absolute atomic E-state index is 12.3. The fourth-order valence-corrected chi connectivity index (χ4v) is 1.10. The molecule has 0 fully saturated rings. The zero-order valence-electron chi connectivity index (χ0n) is 7.09. The molecule has 0 aromatic carbocycles. The van der Waals surface area contributed by atoms with Gasteiger partial charge in [-0.15, -0.1) is 0 Å². The monoisotopic (exact) mass is 202 g/mol. The second-order valence-electron chi connectivity index (χ2n) is 2.84. The summed E-state index contributed by atoms with van der Waals surface area (Å²) in [6.45, 7) is 1.56. The molecule has 3 nitrogen and oxygen atoms in total. The van der Waals surface area contributed by atoms with Crippen LogP contribution in [0.2, 0.25) is 0 Å². The minimum absolute atomic E-state index is 0.121. The molecule has 0 spiro atoms. The largest absolute Gasteiger partial charge is 0.417 e. The van der Waals surface area contributed by atoms with Gasteiger partial charge in [-0.3, -0.25) is 0 Å². The van der Waals surface area contributed by atoms with Gasteiger partial charge in [0, 0.05) is 6.20 Å². The van der Waals surface area contributed by atoms with Gasteiger partial charge in [0.25, 0.3) is 5.71 Å². The molecule has 14 heavy (non-hydrogen) atoms. The number of aromatic nitrogens is 2. The molecule has 0 radical (unpaired) electrons. The maximum Gasteiger partial charge on any atom is 0.417 e. The van der Waals surface area contributed by atoms with Crippen molar-refractivity contribution < 1.29 is 17.7 Å². The van der Waals surface area contributed by atoms with E-state index in [-0.39, 0.29) is 5.71 Å². The van der Waals surface area contributed by atoms with E-state index < -0.39 is 11.7 Å². The van der Waals surface area contributed by atoms with Gasteiger partial charge in [-0.1, -0.05) is 5.16 Å². The van der Waals surface area contributed by atoms with E-state index in [0.717, 1.165) is 12.3 Å². The lowest BCUT2D eigenvalue weighted by Gasteiger charge is -2.04. The summed E-state index contributed by atoms with van der Waals surface area (Å²) in [4.78, 5) is 3.52. The van der Waals surface area contributed by atoms with Crippen molar-refractivity contribution >= 4 is 11.1 Å². The van der Waals surface area contributed by atoms with Gasteiger partial charge in [-0.25, -0.2) is 4.98 Å². The third kappa shape index (κ3) is 1.32. The standard InChI is InChI=1S/C8H5F3N2O/c1-4-6-2-5(8(9,10)11)3-12-7(6)14-13-4/h2-3H,1H3. The summed E-state index contributed by atoms with van der Waals surface area (Å²) in [6.07, 6.45) is -3.65. The van der Waals surface area contributed by atoms with Crippen molar-refractivity contribution in [2.75, 3.05) is 0 Å². The topological polar surface area (TPSA) is 38.9 Å². The minimum atomic E-state index is -4.38. The summed E-state index contributed by atoms with van der Waals surface area (Å²) in [5.74, 6) is 0. The Balaban J connectivity index is 2.66. The summed E-state index contributed by atoms with van der Waals surface area (Å²) in [5, 5.41) is 3.81. The summed E-state index contributed by atoms with van der Waals surface area (Å²) in [5.41, 5.74) is -0.273. The Morgan fingerprint density at radius 3 is 2.71 bits per heavy atom. The predicted molar refractivity (Wildman–Crippen MR) is 41.5 cm³/mol. The van der Waals surface area contributed by atoms with Crippen LogP contribution in [0, 0.1) is 6.92 Å². The van der Waals surface area contributed by atoms with Gasteiger partial charge in [0.15, 0.2) is 0 Å². The molecule has 0 aliphatic rings. The molecule has 0 amide bonds. The third-order valence-corrected chi connectivity index (χ3v) is 1.84. The molecule has 6 heteroatoms. The van der Waals surface area contributed by atoms with Gasteiger partial charge in [0.1, 0.15) is 0 Å². The first-order chi connectivity index (χ1) is 6.48. The second kappa shape index (κ2) is 2.70. The summed E-state index contributed by atoms with van der Waals surface area (Å²) < 4.78 is 41.5. The minimum Gasteiger partial charge on any atom is -0.336 e. The number of alkyl halides is 3.